The number of aromatic amines is 2. The number of imidazole rings is 2. The van der Waals surface area contributed by atoms with Gasteiger partial charge in [0.25, 0.3) is 5.91 Å². The van der Waals surface area contributed by atoms with Crippen molar-refractivity contribution >= 4 is 24.0 Å². The lowest BCUT2D eigenvalue weighted by Gasteiger charge is -2.31. The summed E-state index contributed by atoms with van der Waals surface area (Å²) in [7, 11) is 1.22. The van der Waals surface area contributed by atoms with Crippen molar-refractivity contribution < 1.29 is 38.9 Å². The first-order valence-corrected chi connectivity index (χ1v) is 16.9. The smallest absolute Gasteiger partial charge is 0.407 e. The molecule has 4 heterocycles. The van der Waals surface area contributed by atoms with Crippen molar-refractivity contribution in [3.8, 4) is 33.6 Å². The largest absolute Gasteiger partial charge is 0.453 e. The fraction of sp³-hybridized carbons (Fsp3) is 0.389. The van der Waals surface area contributed by atoms with Crippen LogP contribution in [0.15, 0.2) is 60.9 Å². The standard InChI is InChI=1S/C36H42N8O8/c1-19(40-35(50)51-4)32(47)43-17-24(45)13-28(43)30-38-15-26(41-30)22-9-5-20(6-10-22)21-7-11-23(12-8-21)27-16-39-31(42-27)29-14-25(46)18-44(29)33(48)36(2,3)52-34(37)49/h5-12,15-16,19,24-25,28-29,45-46H,13-14,17-18H2,1-4H3,(H2,37,49)(H,38,41)(H,39,42)(H,40,50)/t19-,24-,25-,28-,29-/m0/s1. The van der Waals surface area contributed by atoms with Crippen molar-refractivity contribution in [3.63, 3.8) is 0 Å². The Hall–Kier alpha value is -5.74. The van der Waals surface area contributed by atoms with Gasteiger partial charge in [0.1, 0.15) is 17.7 Å². The number of aliphatic hydroxyl groups is 2. The maximum Gasteiger partial charge on any atom is 0.407 e. The highest BCUT2D eigenvalue weighted by molar-refractivity contribution is 5.87. The lowest BCUT2D eigenvalue weighted by atomic mass is 10.0. The number of amides is 4. The van der Waals surface area contributed by atoms with E-state index in [-0.39, 0.29) is 25.4 Å². The van der Waals surface area contributed by atoms with E-state index in [1.165, 1.54) is 30.8 Å². The molecule has 2 aliphatic heterocycles. The van der Waals surface area contributed by atoms with Crippen LogP contribution in [0.4, 0.5) is 9.59 Å². The van der Waals surface area contributed by atoms with Crippen LogP contribution in [0.1, 0.15) is 57.3 Å². The SMILES string of the molecule is COC(=O)N[C@@H](C)C(=O)N1C[C@@H](O)C[C@H]1c1ncc(-c2ccc(-c3ccc(-c4cnc([C@@H]5C[C@H](O)CN5C(=O)C(C)(C)OC(N)=O)[nH]4)cc3)cc2)[nH]1. The molecule has 16 heteroatoms. The van der Waals surface area contributed by atoms with Crippen LogP contribution in [0.3, 0.4) is 0 Å². The van der Waals surface area contributed by atoms with Crippen LogP contribution < -0.4 is 11.1 Å². The Kier molecular flexibility index (Phi) is 10.0. The molecule has 6 rings (SSSR count). The molecule has 2 saturated heterocycles. The predicted molar refractivity (Wildman–Crippen MR) is 187 cm³/mol. The second-order valence-electron chi connectivity index (χ2n) is 13.6. The molecule has 0 unspecified atom stereocenters. The van der Waals surface area contributed by atoms with Gasteiger partial charge in [-0.25, -0.2) is 19.6 Å². The van der Waals surface area contributed by atoms with Crippen LogP contribution in [0, 0.1) is 0 Å². The Morgan fingerprint density at radius 3 is 1.73 bits per heavy atom. The fourth-order valence-electron chi connectivity index (χ4n) is 6.79. The van der Waals surface area contributed by atoms with E-state index in [4.69, 9.17) is 10.5 Å². The number of β-amino-alcohol motifs (C(OH)–C–C–N with tert-alkyl or cyclic N) is 2. The molecule has 2 aromatic carbocycles. The lowest BCUT2D eigenvalue weighted by Crippen LogP contribution is -2.48. The van der Waals surface area contributed by atoms with E-state index in [1.54, 1.807) is 19.3 Å². The van der Waals surface area contributed by atoms with Crippen molar-refractivity contribution in [2.24, 2.45) is 5.73 Å². The number of H-pyrrole nitrogens is 2. The van der Waals surface area contributed by atoms with Gasteiger partial charge in [0, 0.05) is 25.9 Å². The number of nitrogens with zero attached hydrogens (tertiary/aromatic N) is 4. The molecule has 0 radical (unpaired) electrons. The molecule has 7 N–H and O–H groups in total. The van der Waals surface area contributed by atoms with Gasteiger partial charge in [-0.15, -0.1) is 0 Å². The summed E-state index contributed by atoms with van der Waals surface area (Å²) < 4.78 is 9.63. The minimum Gasteiger partial charge on any atom is -0.453 e. The quantitative estimate of drug-likeness (QED) is 0.148. The van der Waals surface area contributed by atoms with E-state index in [0.717, 1.165) is 33.6 Å². The number of hydrogen-bond donors (Lipinski definition) is 6. The minimum atomic E-state index is -1.51. The number of aliphatic hydroxyl groups excluding tert-OH is 2. The number of carbonyl (C=O) groups is 4. The zero-order valence-corrected chi connectivity index (χ0v) is 29.2. The van der Waals surface area contributed by atoms with Gasteiger partial charge < -0.3 is 50.5 Å². The molecule has 5 atom stereocenters. The molecule has 0 saturated carbocycles. The van der Waals surface area contributed by atoms with Crippen LogP contribution in [0.5, 0.6) is 0 Å². The average Bonchev–Trinajstić information content (AvgIpc) is 3.93. The minimum absolute atomic E-state index is 0.0708. The molecular weight excluding hydrogens is 672 g/mol. The highest BCUT2D eigenvalue weighted by Gasteiger charge is 2.44. The summed E-state index contributed by atoms with van der Waals surface area (Å²) in [4.78, 5) is 67.9. The summed E-state index contributed by atoms with van der Waals surface area (Å²) in [5.74, 6) is 0.210. The third-order valence-electron chi connectivity index (χ3n) is 9.41. The van der Waals surface area contributed by atoms with Crippen LogP contribution in [0.2, 0.25) is 0 Å². The number of primary amides is 1. The van der Waals surface area contributed by atoms with Gasteiger partial charge in [0.05, 0.1) is 55.2 Å². The van der Waals surface area contributed by atoms with E-state index in [9.17, 15) is 29.4 Å². The lowest BCUT2D eigenvalue weighted by molar-refractivity contribution is -0.149. The number of hydrogen-bond acceptors (Lipinski definition) is 10. The second-order valence-corrected chi connectivity index (χ2v) is 13.6. The van der Waals surface area contributed by atoms with Crippen molar-refractivity contribution in [1.82, 2.24) is 35.1 Å². The Labute approximate surface area is 299 Å². The number of aromatic nitrogens is 4. The third-order valence-corrected chi connectivity index (χ3v) is 9.41. The number of ether oxygens (including phenoxy) is 2. The molecule has 0 bridgehead atoms. The van der Waals surface area contributed by atoms with E-state index >= 15 is 0 Å². The average molecular weight is 715 g/mol. The molecule has 0 aliphatic carbocycles. The van der Waals surface area contributed by atoms with Gasteiger partial charge in [0.15, 0.2) is 5.60 Å². The molecule has 0 spiro atoms. The van der Waals surface area contributed by atoms with E-state index in [1.807, 2.05) is 48.5 Å². The molecule has 16 nitrogen and oxygen atoms in total. The molecule has 2 aromatic heterocycles. The number of benzene rings is 2. The van der Waals surface area contributed by atoms with Gasteiger partial charge >= 0.3 is 12.2 Å². The molecule has 2 aliphatic rings. The maximum absolute atomic E-state index is 13.2. The van der Waals surface area contributed by atoms with Crippen molar-refractivity contribution in [2.45, 2.75) is 69.5 Å². The first kappa shape index (κ1) is 36.1. The van der Waals surface area contributed by atoms with Gasteiger partial charge in [-0.1, -0.05) is 48.5 Å². The number of nitrogens with one attached hydrogen (secondary N) is 3. The van der Waals surface area contributed by atoms with Gasteiger partial charge in [-0.05, 0) is 43.0 Å². The number of alkyl carbamates (subject to hydrolysis) is 1. The Morgan fingerprint density at radius 2 is 1.27 bits per heavy atom. The van der Waals surface area contributed by atoms with Crippen molar-refractivity contribution in [1.29, 1.82) is 0 Å². The molecule has 4 aromatic rings. The first-order valence-electron chi connectivity index (χ1n) is 16.9. The van der Waals surface area contributed by atoms with E-state index < -0.39 is 54.0 Å². The van der Waals surface area contributed by atoms with E-state index in [2.05, 4.69) is 30.0 Å². The highest BCUT2D eigenvalue weighted by atomic mass is 16.6. The van der Waals surface area contributed by atoms with Crippen molar-refractivity contribution in [2.75, 3.05) is 20.2 Å². The fourth-order valence-corrected chi connectivity index (χ4v) is 6.79. The van der Waals surface area contributed by atoms with Crippen LogP contribution >= 0.6 is 0 Å². The monoisotopic (exact) mass is 714 g/mol. The summed E-state index contributed by atoms with van der Waals surface area (Å²) in [5.41, 5.74) is 8.86. The number of nitrogens with two attached hydrogens (primary N) is 1. The van der Waals surface area contributed by atoms with Crippen molar-refractivity contribution in [3.05, 3.63) is 72.6 Å². The Balaban J connectivity index is 1.12. The number of carbonyl (C=O) groups excluding carboxylic acids is 4. The van der Waals surface area contributed by atoms with Crippen LogP contribution in [-0.2, 0) is 19.1 Å². The molecule has 274 valence electrons. The van der Waals surface area contributed by atoms with E-state index in [0.29, 0.717) is 18.1 Å². The highest BCUT2D eigenvalue weighted by Crippen LogP contribution is 2.36. The maximum atomic E-state index is 13.2. The zero-order valence-electron chi connectivity index (χ0n) is 29.2. The third kappa shape index (κ3) is 7.48. The molecule has 52 heavy (non-hydrogen) atoms. The number of methoxy groups -OCH3 is 1. The summed E-state index contributed by atoms with van der Waals surface area (Å²) in [6.07, 6.45) is 0.699. The summed E-state index contributed by atoms with van der Waals surface area (Å²) in [5, 5.41) is 23.2. The van der Waals surface area contributed by atoms with Gasteiger partial charge in [-0.2, -0.15) is 0 Å². The van der Waals surface area contributed by atoms with Gasteiger partial charge in [-0.3, -0.25) is 9.59 Å². The van der Waals surface area contributed by atoms with Crippen LogP contribution in [-0.4, -0.2) is 108 Å². The molecule has 4 amide bonds. The summed E-state index contributed by atoms with van der Waals surface area (Å²) in [6.45, 7) is 4.67. The topological polar surface area (TPSA) is 229 Å². The molecular formula is C36H42N8O8. The second kappa shape index (κ2) is 14.5. The number of likely N-dealkylation sites (tertiary alicyclic amines) is 2. The Bertz CT molecular complexity index is 1940. The normalized spacial score (nSPS) is 20.8. The number of rotatable bonds is 9. The zero-order chi connectivity index (χ0) is 37.3. The Morgan fingerprint density at radius 1 is 0.827 bits per heavy atom. The molecule has 2 fully saturated rings. The predicted octanol–water partition coefficient (Wildman–Crippen LogP) is 3.02. The van der Waals surface area contributed by atoms with Crippen LogP contribution in [0.25, 0.3) is 33.6 Å². The summed E-state index contributed by atoms with van der Waals surface area (Å²) >= 11 is 0. The first-order chi connectivity index (χ1) is 24.7. The summed E-state index contributed by atoms with van der Waals surface area (Å²) in [6, 6.07) is 14.0. The van der Waals surface area contributed by atoms with Gasteiger partial charge in [0.2, 0.25) is 5.91 Å².